The zero-order chi connectivity index (χ0) is 15.1. The van der Waals surface area contributed by atoms with Gasteiger partial charge in [0.2, 0.25) is 0 Å². The Balaban J connectivity index is 2.00. The lowest BCUT2D eigenvalue weighted by molar-refractivity contribution is 0.866. The van der Waals surface area contributed by atoms with E-state index in [0.717, 1.165) is 18.7 Å². The summed E-state index contributed by atoms with van der Waals surface area (Å²) in [6, 6.07) is 9.80. The summed E-state index contributed by atoms with van der Waals surface area (Å²) < 4.78 is 0. The molecule has 0 radical (unpaired) electrons. The molecule has 6 heteroatoms. The van der Waals surface area contributed by atoms with E-state index in [4.69, 9.17) is 0 Å². The molecule has 0 aliphatic rings. The second kappa shape index (κ2) is 7.23. The van der Waals surface area contributed by atoms with E-state index in [1.165, 1.54) is 11.9 Å². The average molecular weight is 285 g/mol. The van der Waals surface area contributed by atoms with Crippen LogP contribution in [-0.2, 0) is 0 Å². The number of hydrazone groups is 1. The lowest BCUT2D eigenvalue weighted by atomic mass is 10.2. The number of nitrogens with zero attached hydrogens (tertiary/aromatic N) is 3. The first-order valence-electron chi connectivity index (χ1n) is 6.92. The van der Waals surface area contributed by atoms with E-state index < -0.39 is 5.69 Å². The monoisotopic (exact) mass is 285 g/mol. The Kier molecular flexibility index (Phi) is 5.09. The fourth-order valence-electron chi connectivity index (χ4n) is 1.97. The summed E-state index contributed by atoms with van der Waals surface area (Å²) in [4.78, 5) is 19.4. The summed E-state index contributed by atoms with van der Waals surface area (Å²) in [6.07, 6.45) is 3.13. The highest BCUT2D eigenvalue weighted by Gasteiger charge is 2.00. The molecule has 0 amide bonds. The van der Waals surface area contributed by atoms with Crippen LogP contribution in [-0.4, -0.2) is 29.3 Å². The smallest absolute Gasteiger partial charge is 0.346 e. The molecule has 6 nitrogen and oxygen atoms in total. The summed E-state index contributed by atoms with van der Waals surface area (Å²) in [5.74, 6) is 0.506. The summed E-state index contributed by atoms with van der Waals surface area (Å²) >= 11 is 0. The Morgan fingerprint density at radius 2 is 1.95 bits per heavy atom. The summed E-state index contributed by atoms with van der Waals surface area (Å²) in [7, 11) is 0. The second-order valence-corrected chi connectivity index (χ2v) is 4.42. The minimum atomic E-state index is -0.404. The van der Waals surface area contributed by atoms with Gasteiger partial charge in [-0.15, -0.1) is 0 Å². The van der Waals surface area contributed by atoms with Crippen LogP contribution in [0.3, 0.4) is 0 Å². The first kappa shape index (κ1) is 14.8. The third kappa shape index (κ3) is 4.17. The number of rotatable bonds is 6. The normalized spacial score (nSPS) is 10.8. The number of aromatic nitrogens is 2. The van der Waals surface area contributed by atoms with Gasteiger partial charge in [0.25, 0.3) is 0 Å². The van der Waals surface area contributed by atoms with E-state index >= 15 is 0 Å². The molecule has 0 aliphatic carbocycles. The third-order valence-corrected chi connectivity index (χ3v) is 3.09. The molecular formula is C15H19N5O. The van der Waals surface area contributed by atoms with E-state index in [1.54, 1.807) is 12.3 Å². The molecule has 0 unspecified atom stereocenters. The van der Waals surface area contributed by atoms with Crippen LogP contribution in [0.15, 0.2) is 46.4 Å². The van der Waals surface area contributed by atoms with Crippen molar-refractivity contribution in [3.63, 3.8) is 0 Å². The summed E-state index contributed by atoms with van der Waals surface area (Å²) in [5.41, 5.74) is 4.53. The van der Waals surface area contributed by atoms with Crippen molar-refractivity contribution in [1.82, 2.24) is 9.97 Å². The number of aromatic amines is 1. The van der Waals surface area contributed by atoms with Crippen LogP contribution in [0.4, 0.5) is 11.5 Å². The van der Waals surface area contributed by atoms with Gasteiger partial charge in [-0.2, -0.15) is 5.10 Å². The topological polar surface area (TPSA) is 73.4 Å². The molecule has 1 aromatic heterocycles. The molecular weight excluding hydrogens is 266 g/mol. The first-order chi connectivity index (χ1) is 10.2. The van der Waals surface area contributed by atoms with Gasteiger partial charge in [0.15, 0.2) is 0 Å². The molecule has 110 valence electrons. The van der Waals surface area contributed by atoms with Crippen molar-refractivity contribution in [3.8, 4) is 0 Å². The van der Waals surface area contributed by atoms with Gasteiger partial charge in [-0.3, -0.25) is 10.4 Å². The van der Waals surface area contributed by atoms with Crippen molar-refractivity contribution in [2.24, 2.45) is 5.10 Å². The van der Waals surface area contributed by atoms with Crippen molar-refractivity contribution < 1.29 is 0 Å². The Hall–Kier alpha value is -2.63. The van der Waals surface area contributed by atoms with Gasteiger partial charge in [-0.25, -0.2) is 9.78 Å². The fraction of sp³-hybridized carbons (Fsp3) is 0.267. The molecule has 0 fully saturated rings. The highest BCUT2D eigenvalue weighted by atomic mass is 16.1. The second-order valence-electron chi connectivity index (χ2n) is 4.42. The molecule has 0 bridgehead atoms. The molecule has 1 aromatic carbocycles. The quantitative estimate of drug-likeness (QED) is 0.629. The maximum Gasteiger partial charge on any atom is 0.346 e. The van der Waals surface area contributed by atoms with Crippen molar-refractivity contribution in [3.05, 3.63) is 52.6 Å². The molecule has 2 N–H and O–H groups in total. The van der Waals surface area contributed by atoms with Crippen LogP contribution in [0.1, 0.15) is 19.4 Å². The molecule has 21 heavy (non-hydrogen) atoms. The van der Waals surface area contributed by atoms with Gasteiger partial charge >= 0.3 is 5.69 Å². The summed E-state index contributed by atoms with van der Waals surface area (Å²) in [6.45, 7) is 6.25. The maximum atomic E-state index is 11.0. The first-order valence-corrected chi connectivity index (χ1v) is 6.92. The van der Waals surface area contributed by atoms with Crippen LogP contribution in [0.25, 0.3) is 0 Å². The van der Waals surface area contributed by atoms with E-state index in [1.807, 2.05) is 12.1 Å². The zero-order valence-electron chi connectivity index (χ0n) is 12.2. The Morgan fingerprint density at radius 3 is 2.57 bits per heavy atom. The van der Waals surface area contributed by atoms with Crippen molar-refractivity contribution >= 4 is 17.7 Å². The van der Waals surface area contributed by atoms with Crippen molar-refractivity contribution in [2.75, 3.05) is 23.4 Å². The number of anilines is 2. The Bertz CT molecular complexity index is 644. The molecule has 0 saturated carbocycles. The van der Waals surface area contributed by atoms with Crippen molar-refractivity contribution in [2.45, 2.75) is 13.8 Å². The maximum absolute atomic E-state index is 11.0. The van der Waals surface area contributed by atoms with Crippen molar-refractivity contribution in [1.29, 1.82) is 0 Å². The molecule has 2 rings (SSSR count). The predicted molar refractivity (Wildman–Crippen MR) is 86.1 cm³/mol. The predicted octanol–water partition coefficient (Wildman–Crippen LogP) is 2.06. The average Bonchev–Trinajstić information content (AvgIpc) is 2.50. The molecule has 0 spiro atoms. The van der Waals surface area contributed by atoms with E-state index in [0.29, 0.717) is 5.82 Å². The lowest BCUT2D eigenvalue weighted by Gasteiger charge is -2.20. The summed E-state index contributed by atoms with van der Waals surface area (Å²) in [5, 5.41) is 4.08. The van der Waals surface area contributed by atoms with Gasteiger partial charge in [-0.05, 0) is 37.6 Å². The van der Waals surface area contributed by atoms with Crippen LogP contribution < -0.4 is 16.0 Å². The zero-order valence-corrected chi connectivity index (χ0v) is 12.2. The third-order valence-electron chi connectivity index (χ3n) is 3.09. The van der Waals surface area contributed by atoms with Gasteiger partial charge in [-0.1, -0.05) is 12.1 Å². The highest BCUT2D eigenvalue weighted by Crippen LogP contribution is 2.14. The minimum Gasteiger partial charge on any atom is -0.372 e. The van der Waals surface area contributed by atoms with Crippen LogP contribution in [0, 0.1) is 0 Å². The van der Waals surface area contributed by atoms with E-state index in [2.05, 4.69) is 51.4 Å². The fourth-order valence-corrected chi connectivity index (χ4v) is 1.97. The van der Waals surface area contributed by atoms with Gasteiger partial charge in [0.1, 0.15) is 5.82 Å². The highest BCUT2D eigenvalue weighted by molar-refractivity contribution is 5.80. The largest absolute Gasteiger partial charge is 0.372 e. The number of nitrogens with one attached hydrogen (secondary N) is 2. The van der Waals surface area contributed by atoms with Crippen LogP contribution in [0.2, 0.25) is 0 Å². The lowest BCUT2D eigenvalue weighted by Crippen LogP contribution is -2.21. The standard InChI is InChI=1S/C15H19N5O/c1-3-20(4-2)13-7-5-12(6-8-13)11-17-19-14-9-10-16-15(21)18-14/h5-11H,3-4H2,1-2H3,(H2,16,18,19,21). The molecule has 0 saturated heterocycles. The number of benzene rings is 1. The SMILES string of the molecule is CCN(CC)c1ccc(C=NNc2ccnc(=O)[nH]2)cc1. The van der Waals surface area contributed by atoms with Gasteiger partial charge in [0.05, 0.1) is 6.21 Å². The van der Waals surface area contributed by atoms with E-state index in [9.17, 15) is 4.79 Å². The van der Waals surface area contributed by atoms with Crippen LogP contribution in [0.5, 0.6) is 0 Å². The van der Waals surface area contributed by atoms with Gasteiger partial charge in [0, 0.05) is 25.0 Å². The number of hydrogen-bond donors (Lipinski definition) is 2. The van der Waals surface area contributed by atoms with E-state index in [-0.39, 0.29) is 0 Å². The number of hydrogen-bond acceptors (Lipinski definition) is 5. The Morgan fingerprint density at radius 1 is 1.24 bits per heavy atom. The molecule has 0 aliphatic heterocycles. The molecule has 1 heterocycles. The Labute approximate surface area is 123 Å². The number of H-pyrrole nitrogens is 1. The minimum absolute atomic E-state index is 0.404. The molecule has 0 atom stereocenters. The molecule has 2 aromatic rings. The van der Waals surface area contributed by atoms with Gasteiger partial charge < -0.3 is 4.90 Å². The van der Waals surface area contributed by atoms with Crippen LogP contribution >= 0.6 is 0 Å².